The number of anilines is 1. The summed E-state index contributed by atoms with van der Waals surface area (Å²) in [5.74, 6) is -0.461. The van der Waals surface area contributed by atoms with Crippen LogP contribution in [0.4, 0.5) is 18.9 Å². The molecule has 0 aliphatic rings. The second-order valence-electron chi connectivity index (χ2n) is 3.41. The van der Waals surface area contributed by atoms with Crippen molar-refractivity contribution >= 4 is 17.3 Å². The summed E-state index contributed by atoms with van der Waals surface area (Å²) in [5.41, 5.74) is -0.0210. The first-order valence-corrected chi connectivity index (χ1v) is 5.27. The van der Waals surface area contributed by atoms with Gasteiger partial charge in [-0.25, -0.2) is 0 Å². The van der Waals surface area contributed by atoms with Crippen molar-refractivity contribution in [3.63, 3.8) is 0 Å². The van der Waals surface area contributed by atoms with Crippen LogP contribution in [0.25, 0.3) is 0 Å². The predicted molar refractivity (Wildman–Crippen MR) is 59.7 cm³/mol. The molecule has 102 valence electrons. The van der Waals surface area contributed by atoms with Crippen molar-refractivity contribution < 1.29 is 28.1 Å². The van der Waals surface area contributed by atoms with Crippen molar-refractivity contribution in [1.82, 2.24) is 0 Å². The van der Waals surface area contributed by atoms with E-state index >= 15 is 0 Å². The summed E-state index contributed by atoms with van der Waals surface area (Å²) < 4.78 is 40.1. The van der Waals surface area contributed by atoms with Gasteiger partial charge in [-0.3, -0.25) is 0 Å². The number of aliphatic hydroxyl groups is 2. The number of alkyl halides is 3. The minimum absolute atomic E-state index is 0.0210. The highest BCUT2D eigenvalue weighted by atomic mass is 35.5. The Morgan fingerprint density at radius 3 is 2.61 bits per heavy atom. The van der Waals surface area contributed by atoms with E-state index in [1.54, 1.807) is 0 Å². The molecule has 0 bridgehead atoms. The number of hydrogen-bond acceptors (Lipinski definition) is 4. The minimum atomic E-state index is -4.82. The summed E-state index contributed by atoms with van der Waals surface area (Å²) in [6.45, 7) is -0.645. The van der Waals surface area contributed by atoms with Crippen LogP contribution in [0.1, 0.15) is 0 Å². The molecule has 0 radical (unpaired) electrons. The second-order valence-corrected chi connectivity index (χ2v) is 3.84. The van der Waals surface area contributed by atoms with E-state index in [-0.39, 0.29) is 17.3 Å². The Hall–Kier alpha value is -1.18. The normalized spacial score (nSPS) is 13.2. The Balaban J connectivity index is 2.83. The summed E-state index contributed by atoms with van der Waals surface area (Å²) in [7, 11) is 0. The molecule has 1 atom stereocenters. The van der Waals surface area contributed by atoms with Crippen molar-refractivity contribution in [2.45, 2.75) is 12.5 Å². The molecule has 1 aromatic rings. The first-order chi connectivity index (χ1) is 8.31. The Morgan fingerprint density at radius 1 is 1.39 bits per heavy atom. The average molecular weight is 286 g/mol. The molecule has 0 saturated heterocycles. The van der Waals surface area contributed by atoms with Crippen LogP contribution < -0.4 is 10.1 Å². The van der Waals surface area contributed by atoms with E-state index in [2.05, 4.69) is 10.1 Å². The molecule has 0 fully saturated rings. The van der Waals surface area contributed by atoms with Gasteiger partial charge in [0.25, 0.3) is 0 Å². The lowest BCUT2D eigenvalue weighted by Gasteiger charge is -2.16. The minimum Gasteiger partial charge on any atom is -0.404 e. The molecule has 0 aliphatic heterocycles. The van der Waals surface area contributed by atoms with Gasteiger partial charge >= 0.3 is 6.36 Å². The van der Waals surface area contributed by atoms with Gasteiger partial charge in [-0.2, -0.15) is 0 Å². The number of rotatable bonds is 5. The van der Waals surface area contributed by atoms with E-state index in [9.17, 15) is 13.2 Å². The van der Waals surface area contributed by atoms with Crippen LogP contribution >= 0.6 is 11.6 Å². The summed E-state index contributed by atoms with van der Waals surface area (Å²) in [4.78, 5) is 0. The Kier molecular flexibility index (Phi) is 5.06. The zero-order valence-corrected chi connectivity index (χ0v) is 9.79. The number of nitrogens with one attached hydrogen (secondary N) is 1. The highest BCUT2D eigenvalue weighted by Gasteiger charge is 2.32. The van der Waals surface area contributed by atoms with Crippen molar-refractivity contribution in [2.24, 2.45) is 0 Å². The van der Waals surface area contributed by atoms with Crippen molar-refractivity contribution in [3.8, 4) is 5.75 Å². The predicted octanol–water partition coefficient (Wildman–Crippen LogP) is 2.00. The van der Waals surface area contributed by atoms with Gasteiger partial charge in [0, 0.05) is 11.6 Å². The van der Waals surface area contributed by atoms with E-state index in [0.717, 1.165) is 6.07 Å². The lowest BCUT2D eigenvalue weighted by molar-refractivity contribution is -0.274. The maximum Gasteiger partial charge on any atom is 0.573 e. The van der Waals surface area contributed by atoms with Crippen molar-refractivity contribution in [1.29, 1.82) is 0 Å². The molecular weight excluding hydrogens is 275 g/mol. The Bertz CT molecular complexity index is 400. The number of ether oxygens (including phenoxy) is 1. The quantitative estimate of drug-likeness (QED) is 0.774. The molecule has 1 rings (SSSR count). The van der Waals surface area contributed by atoms with E-state index in [0.29, 0.717) is 0 Å². The van der Waals surface area contributed by atoms with E-state index < -0.39 is 24.8 Å². The van der Waals surface area contributed by atoms with Crippen LogP contribution in [-0.2, 0) is 0 Å². The molecule has 0 aromatic heterocycles. The third kappa shape index (κ3) is 4.99. The molecule has 0 spiro atoms. The maximum absolute atomic E-state index is 12.1. The molecule has 0 heterocycles. The molecule has 1 aromatic carbocycles. The van der Waals surface area contributed by atoms with Crippen LogP contribution in [0, 0.1) is 0 Å². The van der Waals surface area contributed by atoms with Crippen LogP contribution in [0.3, 0.4) is 0 Å². The van der Waals surface area contributed by atoms with E-state index in [1.165, 1.54) is 12.1 Å². The molecule has 0 amide bonds. The number of halogens is 4. The topological polar surface area (TPSA) is 61.7 Å². The van der Waals surface area contributed by atoms with Crippen LogP contribution in [-0.4, -0.2) is 35.8 Å². The molecular formula is C10H11ClF3NO3. The lowest BCUT2D eigenvalue weighted by atomic mass is 10.2. The van der Waals surface area contributed by atoms with Crippen LogP contribution in [0.15, 0.2) is 18.2 Å². The molecule has 18 heavy (non-hydrogen) atoms. The second kappa shape index (κ2) is 6.12. The fourth-order valence-corrected chi connectivity index (χ4v) is 1.32. The van der Waals surface area contributed by atoms with Crippen molar-refractivity contribution in [2.75, 3.05) is 18.5 Å². The third-order valence-electron chi connectivity index (χ3n) is 1.91. The summed E-state index contributed by atoms with van der Waals surface area (Å²) in [5, 5.41) is 20.4. The van der Waals surface area contributed by atoms with Gasteiger partial charge in [-0.15, -0.1) is 13.2 Å². The van der Waals surface area contributed by atoms with Gasteiger partial charge in [0.05, 0.1) is 18.4 Å². The molecule has 8 heteroatoms. The molecule has 0 saturated carbocycles. The highest BCUT2D eigenvalue weighted by Crippen LogP contribution is 2.32. The van der Waals surface area contributed by atoms with Crippen LogP contribution in [0.2, 0.25) is 5.02 Å². The SMILES string of the molecule is OCC(O)CNc1cc(Cl)ccc1OC(F)(F)F. The van der Waals surface area contributed by atoms with Gasteiger partial charge in [0.2, 0.25) is 0 Å². The summed E-state index contributed by atoms with van der Waals surface area (Å²) in [6, 6.07) is 3.53. The van der Waals surface area contributed by atoms with Gasteiger partial charge < -0.3 is 20.3 Å². The van der Waals surface area contributed by atoms with Gasteiger partial charge in [0.15, 0.2) is 5.75 Å². The van der Waals surface area contributed by atoms with Gasteiger partial charge in [-0.05, 0) is 18.2 Å². The molecule has 0 aliphatic carbocycles. The van der Waals surface area contributed by atoms with Crippen molar-refractivity contribution in [3.05, 3.63) is 23.2 Å². The molecule has 4 nitrogen and oxygen atoms in total. The number of hydrogen-bond donors (Lipinski definition) is 3. The van der Waals surface area contributed by atoms with Crippen LogP contribution in [0.5, 0.6) is 5.75 Å². The Labute approximate surface area is 106 Å². The standard InChI is InChI=1S/C10H11ClF3NO3/c11-6-1-2-9(18-10(12,13)14)8(3-6)15-4-7(17)5-16/h1-3,7,15-17H,4-5H2. The zero-order valence-electron chi connectivity index (χ0n) is 9.04. The maximum atomic E-state index is 12.1. The first-order valence-electron chi connectivity index (χ1n) is 4.90. The fraction of sp³-hybridized carbons (Fsp3) is 0.400. The molecule has 3 N–H and O–H groups in total. The highest BCUT2D eigenvalue weighted by molar-refractivity contribution is 6.30. The summed E-state index contributed by atoms with van der Waals surface area (Å²) >= 11 is 5.65. The Morgan fingerprint density at radius 2 is 2.06 bits per heavy atom. The number of aliphatic hydroxyl groups excluding tert-OH is 2. The zero-order chi connectivity index (χ0) is 13.8. The largest absolute Gasteiger partial charge is 0.573 e. The lowest BCUT2D eigenvalue weighted by Crippen LogP contribution is -2.24. The van der Waals surface area contributed by atoms with E-state index in [4.69, 9.17) is 21.8 Å². The fourth-order valence-electron chi connectivity index (χ4n) is 1.15. The smallest absolute Gasteiger partial charge is 0.404 e. The monoisotopic (exact) mass is 285 g/mol. The van der Waals surface area contributed by atoms with Gasteiger partial charge in [-0.1, -0.05) is 11.6 Å². The summed E-state index contributed by atoms with van der Waals surface area (Å²) in [6.07, 6.45) is -5.91. The molecule has 1 unspecified atom stereocenters. The number of benzene rings is 1. The van der Waals surface area contributed by atoms with Gasteiger partial charge in [0.1, 0.15) is 0 Å². The van der Waals surface area contributed by atoms with E-state index in [1.807, 2.05) is 0 Å². The first kappa shape index (κ1) is 14.9. The average Bonchev–Trinajstić information content (AvgIpc) is 2.27. The third-order valence-corrected chi connectivity index (χ3v) is 2.14.